The van der Waals surface area contributed by atoms with Gasteiger partial charge in [0, 0.05) is 30.5 Å². The largest absolute Gasteiger partial charge is 0.461 e. The van der Waals surface area contributed by atoms with E-state index < -0.39 is 5.97 Å². The molecule has 9 heteroatoms. The Labute approximate surface area is 179 Å². The smallest absolute Gasteiger partial charge is 0.358 e. The number of para-hydroxylation sites is 1. The molecule has 0 radical (unpaired) electrons. The van der Waals surface area contributed by atoms with Gasteiger partial charge >= 0.3 is 12.0 Å². The zero-order valence-electron chi connectivity index (χ0n) is 17.0. The number of carbonyl (C=O) groups is 3. The number of urea groups is 1. The molecule has 3 rings (SSSR count). The maximum absolute atomic E-state index is 12.1. The fourth-order valence-electron chi connectivity index (χ4n) is 2.69. The van der Waals surface area contributed by atoms with Gasteiger partial charge in [0.25, 0.3) is 0 Å². The molecule has 0 saturated carbocycles. The number of esters is 1. The van der Waals surface area contributed by atoms with E-state index in [-0.39, 0.29) is 37.2 Å². The molecule has 0 unspecified atom stereocenters. The predicted octanol–water partition coefficient (Wildman–Crippen LogP) is 3.20. The first-order chi connectivity index (χ1) is 15.0. The number of anilines is 2. The Morgan fingerprint density at radius 1 is 0.935 bits per heavy atom. The van der Waals surface area contributed by atoms with E-state index in [4.69, 9.17) is 4.74 Å². The number of ether oxygens (including phenoxy) is 1. The lowest BCUT2D eigenvalue weighted by Gasteiger charge is -2.09. The number of nitrogens with one attached hydrogen (secondary N) is 3. The van der Waals surface area contributed by atoms with Crippen LogP contribution in [-0.4, -0.2) is 40.8 Å². The van der Waals surface area contributed by atoms with Gasteiger partial charge in [0.2, 0.25) is 5.91 Å². The van der Waals surface area contributed by atoms with Crippen LogP contribution < -0.4 is 16.0 Å². The molecule has 0 atom stereocenters. The first kappa shape index (κ1) is 21.6. The van der Waals surface area contributed by atoms with Crippen LogP contribution in [0.1, 0.15) is 23.8 Å². The summed E-state index contributed by atoms with van der Waals surface area (Å²) in [6.07, 6.45) is 1.79. The van der Waals surface area contributed by atoms with Crippen LogP contribution in [0.15, 0.2) is 66.9 Å². The van der Waals surface area contributed by atoms with Crippen molar-refractivity contribution in [2.45, 2.75) is 13.3 Å². The third kappa shape index (κ3) is 6.43. The second kappa shape index (κ2) is 10.6. The minimum absolute atomic E-state index is 0.131. The number of aromatic nitrogens is 2. The molecular weight excluding hydrogens is 398 g/mol. The van der Waals surface area contributed by atoms with Crippen LogP contribution in [-0.2, 0) is 9.53 Å². The summed E-state index contributed by atoms with van der Waals surface area (Å²) >= 11 is 0. The first-order valence-corrected chi connectivity index (χ1v) is 9.78. The number of hydrogen-bond donors (Lipinski definition) is 3. The number of rotatable bonds is 8. The maximum atomic E-state index is 12.1. The van der Waals surface area contributed by atoms with Gasteiger partial charge in [-0.05, 0) is 49.4 Å². The van der Waals surface area contributed by atoms with Crippen LogP contribution in [0.5, 0.6) is 0 Å². The Kier molecular flexibility index (Phi) is 7.36. The van der Waals surface area contributed by atoms with E-state index in [1.807, 2.05) is 18.2 Å². The Morgan fingerprint density at radius 3 is 2.35 bits per heavy atom. The van der Waals surface area contributed by atoms with Crippen LogP contribution in [0.4, 0.5) is 16.2 Å². The standard InChI is InChI=1S/C22H23N5O4/c1-2-31-21(29)19-13-15-27(26-19)18-10-8-17(9-11-18)24-20(28)12-14-23-22(30)25-16-6-4-3-5-7-16/h3-11,13,15H,2,12,14H2,1H3,(H,24,28)(H2,23,25,30). The van der Waals surface area contributed by atoms with E-state index in [2.05, 4.69) is 21.0 Å². The summed E-state index contributed by atoms with van der Waals surface area (Å²) in [5.74, 6) is -0.701. The lowest BCUT2D eigenvalue weighted by Crippen LogP contribution is -2.31. The van der Waals surface area contributed by atoms with Crippen molar-refractivity contribution in [1.29, 1.82) is 0 Å². The highest BCUT2D eigenvalue weighted by Gasteiger charge is 2.11. The zero-order valence-corrected chi connectivity index (χ0v) is 17.0. The second-order valence-corrected chi connectivity index (χ2v) is 6.46. The number of hydrogen-bond acceptors (Lipinski definition) is 5. The minimum Gasteiger partial charge on any atom is -0.461 e. The molecule has 0 aliphatic heterocycles. The molecule has 1 heterocycles. The van der Waals surface area contributed by atoms with Crippen molar-refractivity contribution in [3.8, 4) is 5.69 Å². The van der Waals surface area contributed by atoms with Gasteiger partial charge in [-0.1, -0.05) is 18.2 Å². The lowest BCUT2D eigenvalue weighted by molar-refractivity contribution is -0.116. The van der Waals surface area contributed by atoms with Crippen LogP contribution in [0.2, 0.25) is 0 Å². The van der Waals surface area contributed by atoms with E-state index in [0.717, 1.165) is 5.69 Å². The van der Waals surface area contributed by atoms with E-state index in [0.29, 0.717) is 11.4 Å². The van der Waals surface area contributed by atoms with Crippen molar-refractivity contribution in [2.24, 2.45) is 0 Å². The highest BCUT2D eigenvalue weighted by molar-refractivity contribution is 5.92. The Bertz CT molecular complexity index is 1030. The Morgan fingerprint density at radius 2 is 1.65 bits per heavy atom. The maximum Gasteiger partial charge on any atom is 0.358 e. The van der Waals surface area contributed by atoms with Crippen molar-refractivity contribution in [2.75, 3.05) is 23.8 Å². The Balaban J connectivity index is 1.44. The normalized spacial score (nSPS) is 10.2. The molecule has 9 nitrogen and oxygen atoms in total. The van der Waals surface area contributed by atoms with Gasteiger partial charge in [0.05, 0.1) is 12.3 Å². The molecule has 2 aromatic carbocycles. The summed E-state index contributed by atoms with van der Waals surface area (Å²) < 4.78 is 6.47. The van der Waals surface area contributed by atoms with Crippen LogP contribution in [0.25, 0.3) is 5.69 Å². The highest BCUT2D eigenvalue weighted by Crippen LogP contribution is 2.14. The molecule has 0 saturated heterocycles. The molecule has 0 spiro atoms. The van der Waals surface area contributed by atoms with Crippen LogP contribution in [0, 0.1) is 0 Å². The molecule has 0 aliphatic rings. The van der Waals surface area contributed by atoms with Gasteiger partial charge in [-0.3, -0.25) is 4.79 Å². The summed E-state index contributed by atoms with van der Waals surface area (Å²) in [7, 11) is 0. The van der Waals surface area contributed by atoms with Gasteiger partial charge < -0.3 is 20.7 Å². The zero-order chi connectivity index (χ0) is 22.1. The van der Waals surface area contributed by atoms with E-state index >= 15 is 0 Å². The van der Waals surface area contributed by atoms with Gasteiger partial charge in [-0.15, -0.1) is 0 Å². The fourth-order valence-corrected chi connectivity index (χ4v) is 2.69. The number of amides is 3. The van der Waals surface area contributed by atoms with Crippen LogP contribution in [0.3, 0.4) is 0 Å². The average Bonchev–Trinajstić information content (AvgIpc) is 3.26. The van der Waals surface area contributed by atoms with Crippen molar-refractivity contribution in [1.82, 2.24) is 15.1 Å². The summed E-state index contributed by atoms with van der Waals surface area (Å²) in [6, 6.07) is 17.2. The molecule has 3 N–H and O–H groups in total. The van der Waals surface area contributed by atoms with E-state index in [9.17, 15) is 14.4 Å². The third-order valence-electron chi connectivity index (χ3n) is 4.16. The fraction of sp³-hybridized carbons (Fsp3) is 0.182. The summed E-state index contributed by atoms with van der Waals surface area (Å²) in [6.45, 7) is 2.22. The molecule has 31 heavy (non-hydrogen) atoms. The van der Waals surface area contributed by atoms with Crippen molar-refractivity contribution in [3.05, 3.63) is 72.6 Å². The van der Waals surface area contributed by atoms with E-state index in [1.165, 1.54) is 0 Å². The average molecular weight is 421 g/mol. The molecule has 0 bridgehead atoms. The van der Waals surface area contributed by atoms with E-state index in [1.54, 1.807) is 60.3 Å². The topological polar surface area (TPSA) is 114 Å². The third-order valence-corrected chi connectivity index (χ3v) is 4.16. The summed E-state index contributed by atoms with van der Waals surface area (Å²) in [5.41, 5.74) is 2.24. The SMILES string of the molecule is CCOC(=O)c1ccn(-c2ccc(NC(=O)CCNC(=O)Nc3ccccc3)cc2)n1. The molecule has 160 valence electrons. The number of carbonyl (C=O) groups excluding carboxylic acids is 3. The summed E-state index contributed by atoms with van der Waals surface area (Å²) in [5, 5.41) is 12.3. The van der Waals surface area contributed by atoms with Gasteiger partial charge in [-0.2, -0.15) is 5.10 Å². The molecule has 3 amide bonds. The van der Waals surface area contributed by atoms with Gasteiger partial charge in [0.1, 0.15) is 0 Å². The first-order valence-electron chi connectivity index (χ1n) is 9.78. The monoisotopic (exact) mass is 421 g/mol. The molecular formula is C22H23N5O4. The van der Waals surface area contributed by atoms with Crippen LogP contribution >= 0.6 is 0 Å². The minimum atomic E-state index is -0.476. The highest BCUT2D eigenvalue weighted by atomic mass is 16.5. The lowest BCUT2D eigenvalue weighted by atomic mass is 10.2. The van der Waals surface area contributed by atoms with Crippen molar-refractivity contribution < 1.29 is 19.1 Å². The molecule has 0 aliphatic carbocycles. The summed E-state index contributed by atoms with van der Waals surface area (Å²) in [4.78, 5) is 35.6. The number of benzene rings is 2. The molecule has 0 fully saturated rings. The molecule has 3 aromatic rings. The molecule has 1 aromatic heterocycles. The van der Waals surface area contributed by atoms with Crippen molar-refractivity contribution >= 4 is 29.3 Å². The van der Waals surface area contributed by atoms with Crippen molar-refractivity contribution in [3.63, 3.8) is 0 Å². The second-order valence-electron chi connectivity index (χ2n) is 6.46. The van der Waals surface area contributed by atoms with Gasteiger partial charge in [-0.25, -0.2) is 14.3 Å². The quantitative estimate of drug-likeness (QED) is 0.483. The predicted molar refractivity (Wildman–Crippen MR) is 116 cm³/mol. The number of nitrogens with zero attached hydrogens (tertiary/aromatic N) is 2. The van der Waals surface area contributed by atoms with Gasteiger partial charge in [0.15, 0.2) is 5.69 Å². The Hall–Kier alpha value is -4.14.